The fraction of sp³-hybridized carbons (Fsp3) is 0.857. The maximum Gasteiger partial charge on any atom is 0.312 e. The second-order valence-electron chi connectivity index (χ2n) is 8.35. The van der Waals surface area contributed by atoms with Crippen LogP contribution in [0.25, 0.3) is 0 Å². The number of unbranched alkanes of at least 4 members (excludes halogenated alkanes) is 1. The Labute approximate surface area is 179 Å². The maximum absolute atomic E-state index is 12.0. The van der Waals surface area contributed by atoms with E-state index in [4.69, 9.17) is 14.2 Å². The lowest BCUT2D eigenvalue weighted by Gasteiger charge is -2.22. The van der Waals surface area contributed by atoms with E-state index in [9.17, 15) is 19.5 Å². The first kappa shape index (κ1) is 27.7. The summed E-state index contributed by atoms with van der Waals surface area (Å²) in [5.41, 5.74) is -1.22. The maximum atomic E-state index is 12.0. The van der Waals surface area contributed by atoms with Crippen LogP contribution in [0.15, 0.2) is 0 Å². The number of carbonyl (C=O) groups excluding carboxylic acids is 3. The van der Waals surface area contributed by atoms with E-state index >= 15 is 0 Å². The lowest BCUT2D eigenvalue weighted by atomic mass is 9.91. The first-order valence-corrected chi connectivity index (χ1v) is 11.4. The van der Waals surface area contributed by atoms with Gasteiger partial charge in [-0.3, -0.25) is 14.4 Å². The van der Waals surface area contributed by atoms with Gasteiger partial charge in [0.2, 0.25) is 0 Å². The van der Waals surface area contributed by atoms with Crippen LogP contribution in [-0.4, -0.2) is 60.4 Å². The van der Waals surface area contributed by atoms with E-state index in [-0.39, 0.29) is 25.6 Å². The van der Waals surface area contributed by atoms with Gasteiger partial charge in [-0.2, -0.15) is 11.8 Å². The zero-order valence-electron chi connectivity index (χ0n) is 18.7. The van der Waals surface area contributed by atoms with E-state index in [1.54, 1.807) is 13.8 Å². The summed E-state index contributed by atoms with van der Waals surface area (Å²) in [5.74, 6) is -0.0280. The molecule has 0 rings (SSSR count). The summed E-state index contributed by atoms with van der Waals surface area (Å²) in [6, 6.07) is 0. The molecule has 0 aromatic rings. The normalized spacial score (nSPS) is 12.9. The van der Waals surface area contributed by atoms with Crippen molar-refractivity contribution in [3.63, 3.8) is 0 Å². The molecule has 7 nitrogen and oxygen atoms in total. The molecule has 1 N–H and O–H groups in total. The molecule has 0 fully saturated rings. The fourth-order valence-electron chi connectivity index (χ4n) is 1.87. The zero-order valence-corrected chi connectivity index (χ0v) is 19.6. The fourth-order valence-corrected chi connectivity index (χ4v) is 2.95. The van der Waals surface area contributed by atoms with E-state index in [1.165, 1.54) is 11.8 Å². The second kappa shape index (κ2) is 13.9. The quantitative estimate of drug-likeness (QED) is 0.238. The first-order valence-electron chi connectivity index (χ1n) is 10.2. The van der Waals surface area contributed by atoms with Crippen molar-refractivity contribution in [2.45, 2.75) is 73.3 Å². The Kier molecular flexibility index (Phi) is 13.2. The van der Waals surface area contributed by atoms with Gasteiger partial charge in [0, 0.05) is 11.5 Å². The van der Waals surface area contributed by atoms with Gasteiger partial charge >= 0.3 is 17.9 Å². The highest BCUT2D eigenvalue weighted by Gasteiger charge is 2.29. The molecule has 1 atom stereocenters. The van der Waals surface area contributed by atoms with Gasteiger partial charge < -0.3 is 19.3 Å². The van der Waals surface area contributed by atoms with Crippen LogP contribution in [0.1, 0.15) is 67.2 Å². The molecule has 0 amide bonds. The Morgan fingerprint density at radius 1 is 0.931 bits per heavy atom. The molecule has 0 aromatic carbocycles. The Bertz CT molecular complexity index is 517. The largest absolute Gasteiger partial charge is 0.465 e. The van der Waals surface area contributed by atoms with Gasteiger partial charge in [0.15, 0.2) is 0 Å². The van der Waals surface area contributed by atoms with Crippen LogP contribution in [0, 0.1) is 10.8 Å². The molecule has 0 saturated carbocycles. The van der Waals surface area contributed by atoms with Gasteiger partial charge in [-0.25, -0.2) is 0 Å². The van der Waals surface area contributed by atoms with E-state index in [2.05, 4.69) is 0 Å². The summed E-state index contributed by atoms with van der Waals surface area (Å²) < 4.78 is 15.3. The predicted octanol–water partition coefficient (Wildman–Crippen LogP) is 3.36. The highest BCUT2D eigenvalue weighted by atomic mass is 32.2. The minimum absolute atomic E-state index is 0.168. The molecule has 0 spiro atoms. The van der Waals surface area contributed by atoms with E-state index in [0.717, 1.165) is 12.8 Å². The van der Waals surface area contributed by atoms with Crippen LogP contribution in [0.3, 0.4) is 0 Å². The number of hydrogen-bond acceptors (Lipinski definition) is 8. The van der Waals surface area contributed by atoms with Crippen molar-refractivity contribution in [1.82, 2.24) is 0 Å². The Hall–Kier alpha value is -1.28. The number of esters is 3. The van der Waals surface area contributed by atoms with Crippen LogP contribution in [0.2, 0.25) is 0 Å². The molecular weight excluding hydrogens is 396 g/mol. The molecule has 29 heavy (non-hydrogen) atoms. The molecule has 0 aliphatic carbocycles. The van der Waals surface area contributed by atoms with Crippen molar-refractivity contribution in [2.75, 3.05) is 31.3 Å². The standard InChI is InChI=1S/C21H38O7S/c1-7-9-11-26-19(25)21(5,6)15-29-12-10-17(23)27-13-16(22)14-28-18(24)20(3,4)8-2/h16,22H,7-15H2,1-6H3. The summed E-state index contributed by atoms with van der Waals surface area (Å²) in [6.45, 7) is 11.1. The number of carbonyl (C=O) groups is 3. The molecule has 0 aliphatic rings. The first-order chi connectivity index (χ1) is 13.5. The molecular formula is C21H38O7S. The van der Waals surface area contributed by atoms with Crippen LogP contribution in [0.5, 0.6) is 0 Å². The van der Waals surface area contributed by atoms with Gasteiger partial charge in [0.25, 0.3) is 0 Å². The van der Waals surface area contributed by atoms with Crippen molar-refractivity contribution < 1.29 is 33.7 Å². The molecule has 0 heterocycles. The lowest BCUT2D eigenvalue weighted by Crippen LogP contribution is -2.31. The van der Waals surface area contributed by atoms with E-state index < -0.39 is 28.9 Å². The van der Waals surface area contributed by atoms with E-state index in [0.29, 0.717) is 24.5 Å². The van der Waals surface area contributed by atoms with Crippen LogP contribution in [-0.2, 0) is 28.6 Å². The summed E-state index contributed by atoms with van der Waals surface area (Å²) in [5, 5.41) is 9.80. The number of thioether (sulfide) groups is 1. The van der Waals surface area contributed by atoms with Gasteiger partial charge in [-0.05, 0) is 40.5 Å². The monoisotopic (exact) mass is 434 g/mol. The van der Waals surface area contributed by atoms with Crippen LogP contribution in [0.4, 0.5) is 0 Å². The average Bonchev–Trinajstić information content (AvgIpc) is 2.67. The van der Waals surface area contributed by atoms with E-state index in [1.807, 2.05) is 27.7 Å². The molecule has 0 saturated heterocycles. The number of aliphatic hydroxyl groups is 1. The molecule has 170 valence electrons. The lowest BCUT2D eigenvalue weighted by molar-refractivity contribution is -0.159. The topological polar surface area (TPSA) is 99.1 Å². The summed E-state index contributed by atoms with van der Waals surface area (Å²) >= 11 is 1.48. The molecule has 1 unspecified atom stereocenters. The molecule has 0 aliphatic heterocycles. The SMILES string of the molecule is CCCCOC(=O)C(C)(C)CSCCC(=O)OCC(O)COC(=O)C(C)(C)CC. The molecule has 0 bridgehead atoms. The third kappa shape index (κ3) is 12.1. The summed E-state index contributed by atoms with van der Waals surface area (Å²) in [7, 11) is 0. The van der Waals surface area contributed by atoms with Crippen molar-refractivity contribution in [3.8, 4) is 0 Å². The number of aliphatic hydroxyl groups excluding tert-OH is 1. The molecule has 8 heteroatoms. The van der Waals surface area contributed by atoms with Gasteiger partial charge in [0.05, 0.1) is 23.9 Å². The van der Waals surface area contributed by atoms with Crippen molar-refractivity contribution >= 4 is 29.7 Å². The van der Waals surface area contributed by atoms with Crippen molar-refractivity contribution in [1.29, 1.82) is 0 Å². The average molecular weight is 435 g/mol. The zero-order chi connectivity index (χ0) is 22.5. The molecule has 0 radical (unpaired) electrons. The molecule has 0 aromatic heterocycles. The number of hydrogen-bond donors (Lipinski definition) is 1. The van der Waals surface area contributed by atoms with Crippen LogP contribution < -0.4 is 0 Å². The third-order valence-corrected chi connectivity index (χ3v) is 5.90. The summed E-state index contributed by atoms with van der Waals surface area (Å²) in [4.78, 5) is 35.7. The van der Waals surface area contributed by atoms with Gasteiger partial charge in [-0.1, -0.05) is 20.3 Å². The predicted molar refractivity (Wildman–Crippen MR) is 114 cm³/mol. The number of ether oxygens (including phenoxy) is 3. The summed E-state index contributed by atoms with van der Waals surface area (Å²) in [6.07, 6.45) is 1.56. The van der Waals surface area contributed by atoms with Gasteiger partial charge in [-0.15, -0.1) is 0 Å². The van der Waals surface area contributed by atoms with Crippen molar-refractivity contribution in [3.05, 3.63) is 0 Å². The minimum atomic E-state index is -1.06. The van der Waals surface area contributed by atoms with Gasteiger partial charge in [0.1, 0.15) is 19.3 Å². The Morgan fingerprint density at radius 2 is 1.52 bits per heavy atom. The highest BCUT2D eigenvalue weighted by molar-refractivity contribution is 7.99. The smallest absolute Gasteiger partial charge is 0.312 e. The minimum Gasteiger partial charge on any atom is -0.465 e. The van der Waals surface area contributed by atoms with Crippen LogP contribution >= 0.6 is 11.8 Å². The Morgan fingerprint density at radius 3 is 2.10 bits per heavy atom. The highest BCUT2D eigenvalue weighted by Crippen LogP contribution is 2.24. The Balaban J connectivity index is 3.99. The van der Waals surface area contributed by atoms with Crippen molar-refractivity contribution in [2.24, 2.45) is 10.8 Å². The third-order valence-electron chi connectivity index (χ3n) is 4.48. The second-order valence-corrected chi connectivity index (χ2v) is 9.45. The number of rotatable bonds is 15.